The second-order valence-corrected chi connectivity index (χ2v) is 4.37. The molecular weight excluding hydrogens is 241 g/mol. The summed E-state index contributed by atoms with van der Waals surface area (Å²) in [5, 5.41) is 0. The third-order valence-corrected chi connectivity index (χ3v) is 3.17. The van der Waals surface area contributed by atoms with Crippen molar-refractivity contribution in [1.82, 2.24) is 9.88 Å². The molecule has 17 heavy (non-hydrogen) atoms. The van der Waals surface area contributed by atoms with E-state index in [2.05, 4.69) is 9.88 Å². The van der Waals surface area contributed by atoms with E-state index in [-0.39, 0.29) is 18.2 Å². The molecule has 0 aromatic carbocycles. The highest BCUT2D eigenvalue weighted by molar-refractivity contribution is 5.85. The molecule has 2 heterocycles. The van der Waals surface area contributed by atoms with Crippen LogP contribution >= 0.6 is 12.4 Å². The predicted octanol–water partition coefficient (Wildman–Crippen LogP) is 1.96. The van der Waals surface area contributed by atoms with Crippen LogP contribution in [0, 0.1) is 5.82 Å². The van der Waals surface area contributed by atoms with Crippen LogP contribution in [0.5, 0.6) is 0 Å². The number of likely N-dealkylation sites (tertiary alicyclic amines) is 1. The van der Waals surface area contributed by atoms with E-state index >= 15 is 0 Å². The average molecular weight is 260 g/mol. The van der Waals surface area contributed by atoms with Crippen molar-refractivity contribution in [2.24, 2.45) is 5.73 Å². The minimum Gasteiger partial charge on any atom is -0.329 e. The minimum absolute atomic E-state index is 0. The lowest BCUT2D eigenvalue weighted by Gasteiger charge is -2.34. The number of pyridine rings is 1. The fraction of sp³-hybridized carbons (Fsp3) is 0.583. The molecule has 5 heteroatoms. The predicted molar refractivity (Wildman–Crippen MR) is 68.5 cm³/mol. The molecule has 0 radical (unpaired) electrons. The van der Waals surface area contributed by atoms with Gasteiger partial charge in [-0.3, -0.25) is 9.88 Å². The van der Waals surface area contributed by atoms with Gasteiger partial charge in [0.25, 0.3) is 0 Å². The standard InChI is InChI=1S/C12H18FN3.ClH/c13-11-5-10(7-15-8-11)9-16-4-2-1-3-12(16)6-14;/h5,7-8,12H,1-4,6,9,14H2;1H. The molecular formula is C12H19ClFN3. The number of hydrogen-bond donors (Lipinski definition) is 1. The van der Waals surface area contributed by atoms with Crippen molar-refractivity contribution in [3.63, 3.8) is 0 Å². The maximum atomic E-state index is 13.0. The van der Waals surface area contributed by atoms with Crippen LogP contribution < -0.4 is 5.73 Å². The van der Waals surface area contributed by atoms with Crippen molar-refractivity contribution in [2.75, 3.05) is 13.1 Å². The Hall–Kier alpha value is -0.710. The summed E-state index contributed by atoms with van der Waals surface area (Å²) in [6.07, 6.45) is 6.57. The minimum atomic E-state index is -0.265. The second kappa shape index (κ2) is 6.89. The first-order valence-corrected chi connectivity index (χ1v) is 5.83. The third-order valence-electron chi connectivity index (χ3n) is 3.17. The number of piperidine rings is 1. The van der Waals surface area contributed by atoms with E-state index < -0.39 is 0 Å². The van der Waals surface area contributed by atoms with Crippen molar-refractivity contribution in [3.8, 4) is 0 Å². The molecule has 96 valence electrons. The van der Waals surface area contributed by atoms with Gasteiger partial charge in [0.15, 0.2) is 0 Å². The molecule has 1 aromatic heterocycles. The Kier molecular flexibility index (Phi) is 5.82. The first kappa shape index (κ1) is 14.4. The molecule has 1 aliphatic rings. The van der Waals surface area contributed by atoms with Crippen LogP contribution in [0.2, 0.25) is 0 Å². The van der Waals surface area contributed by atoms with Gasteiger partial charge in [-0.25, -0.2) is 4.39 Å². The van der Waals surface area contributed by atoms with Crippen molar-refractivity contribution in [1.29, 1.82) is 0 Å². The Labute approximate surface area is 108 Å². The van der Waals surface area contributed by atoms with Crippen LogP contribution in [0.3, 0.4) is 0 Å². The highest BCUT2D eigenvalue weighted by Crippen LogP contribution is 2.18. The molecule has 1 fully saturated rings. The Bertz CT molecular complexity index is 348. The van der Waals surface area contributed by atoms with Crippen LogP contribution in [0.4, 0.5) is 4.39 Å². The van der Waals surface area contributed by atoms with Crippen molar-refractivity contribution in [3.05, 3.63) is 29.8 Å². The molecule has 1 aliphatic heterocycles. The number of hydrogen-bond acceptors (Lipinski definition) is 3. The van der Waals surface area contributed by atoms with Crippen molar-refractivity contribution < 1.29 is 4.39 Å². The average Bonchev–Trinajstić information content (AvgIpc) is 2.30. The fourth-order valence-corrected chi connectivity index (χ4v) is 2.31. The van der Waals surface area contributed by atoms with Crippen LogP contribution in [-0.4, -0.2) is 29.0 Å². The Morgan fingerprint density at radius 3 is 2.94 bits per heavy atom. The Morgan fingerprint density at radius 2 is 2.24 bits per heavy atom. The van der Waals surface area contributed by atoms with E-state index in [0.717, 1.165) is 25.1 Å². The first-order chi connectivity index (χ1) is 7.79. The Morgan fingerprint density at radius 1 is 1.41 bits per heavy atom. The number of nitrogens with two attached hydrogens (primary N) is 1. The smallest absolute Gasteiger partial charge is 0.141 e. The van der Waals surface area contributed by atoms with E-state index in [1.165, 1.54) is 19.0 Å². The van der Waals surface area contributed by atoms with Gasteiger partial charge in [-0.2, -0.15) is 0 Å². The number of nitrogens with zero attached hydrogens (tertiary/aromatic N) is 2. The Balaban J connectivity index is 0.00000144. The summed E-state index contributed by atoms with van der Waals surface area (Å²) in [6.45, 7) is 2.49. The topological polar surface area (TPSA) is 42.1 Å². The molecule has 1 atom stereocenters. The first-order valence-electron chi connectivity index (χ1n) is 5.83. The van der Waals surface area contributed by atoms with Gasteiger partial charge in [0.2, 0.25) is 0 Å². The largest absolute Gasteiger partial charge is 0.329 e. The zero-order valence-corrected chi connectivity index (χ0v) is 10.6. The number of aromatic nitrogens is 1. The molecule has 1 unspecified atom stereocenters. The summed E-state index contributed by atoms with van der Waals surface area (Å²) in [6, 6.07) is 1.99. The van der Waals surface area contributed by atoms with E-state index in [4.69, 9.17) is 5.73 Å². The number of rotatable bonds is 3. The maximum absolute atomic E-state index is 13.0. The molecule has 0 amide bonds. The molecule has 0 spiro atoms. The molecule has 0 aliphatic carbocycles. The summed E-state index contributed by atoms with van der Waals surface area (Å²) in [4.78, 5) is 6.20. The van der Waals surface area contributed by atoms with E-state index in [1.807, 2.05) is 0 Å². The SMILES string of the molecule is Cl.NCC1CCCCN1Cc1cncc(F)c1. The van der Waals surface area contributed by atoms with Gasteiger partial charge in [0.1, 0.15) is 5.82 Å². The molecule has 0 bridgehead atoms. The molecule has 2 rings (SSSR count). The summed E-state index contributed by atoms with van der Waals surface area (Å²) in [5.74, 6) is -0.265. The fourth-order valence-electron chi connectivity index (χ4n) is 2.31. The van der Waals surface area contributed by atoms with Gasteiger partial charge in [-0.1, -0.05) is 6.42 Å². The van der Waals surface area contributed by atoms with Gasteiger partial charge < -0.3 is 5.73 Å². The van der Waals surface area contributed by atoms with Gasteiger partial charge in [0.05, 0.1) is 6.20 Å². The molecule has 1 aromatic rings. The number of halogens is 2. The summed E-state index contributed by atoms with van der Waals surface area (Å²) < 4.78 is 13.0. The molecule has 2 N–H and O–H groups in total. The summed E-state index contributed by atoms with van der Waals surface area (Å²) in [7, 11) is 0. The molecule has 0 saturated carbocycles. The third kappa shape index (κ3) is 3.91. The maximum Gasteiger partial charge on any atom is 0.141 e. The van der Waals surface area contributed by atoms with Crippen molar-refractivity contribution >= 4 is 12.4 Å². The second-order valence-electron chi connectivity index (χ2n) is 4.37. The van der Waals surface area contributed by atoms with Crippen LogP contribution in [0.25, 0.3) is 0 Å². The van der Waals surface area contributed by atoms with E-state index in [9.17, 15) is 4.39 Å². The van der Waals surface area contributed by atoms with Crippen LogP contribution in [-0.2, 0) is 6.54 Å². The van der Waals surface area contributed by atoms with Gasteiger partial charge >= 0.3 is 0 Å². The van der Waals surface area contributed by atoms with Crippen LogP contribution in [0.1, 0.15) is 24.8 Å². The zero-order chi connectivity index (χ0) is 11.4. The lowest BCUT2D eigenvalue weighted by Crippen LogP contribution is -2.43. The van der Waals surface area contributed by atoms with E-state index in [1.54, 1.807) is 12.3 Å². The molecule has 1 saturated heterocycles. The van der Waals surface area contributed by atoms with E-state index in [0.29, 0.717) is 12.6 Å². The lowest BCUT2D eigenvalue weighted by atomic mass is 10.0. The highest BCUT2D eigenvalue weighted by atomic mass is 35.5. The van der Waals surface area contributed by atoms with Crippen LogP contribution in [0.15, 0.2) is 18.5 Å². The zero-order valence-electron chi connectivity index (χ0n) is 9.81. The highest BCUT2D eigenvalue weighted by Gasteiger charge is 2.20. The van der Waals surface area contributed by atoms with Gasteiger partial charge in [-0.15, -0.1) is 12.4 Å². The van der Waals surface area contributed by atoms with Gasteiger partial charge in [0, 0.05) is 25.3 Å². The monoisotopic (exact) mass is 259 g/mol. The van der Waals surface area contributed by atoms with Gasteiger partial charge in [-0.05, 0) is 31.0 Å². The quantitative estimate of drug-likeness (QED) is 0.902. The lowest BCUT2D eigenvalue weighted by molar-refractivity contribution is 0.144. The molecule has 3 nitrogen and oxygen atoms in total. The summed E-state index contributed by atoms with van der Waals surface area (Å²) >= 11 is 0. The summed E-state index contributed by atoms with van der Waals surface area (Å²) in [5.41, 5.74) is 6.68. The van der Waals surface area contributed by atoms with Crippen molar-refractivity contribution in [2.45, 2.75) is 31.8 Å². The normalized spacial score (nSPS) is 20.9.